The van der Waals surface area contributed by atoms with Crippen LogP contribution in [0.4, 0.5) is 0 Å². The van der Waals surface area contributed by atoms with E-state index in [1.54, 1.807) is 0 Å². The maximum atomic E-state index is 12.3. The van der Waals surface area contributed by atoms with Crippen LogP contribution in [0.3, 0.4) is 0 Å². The monoisotopic (exact) mass is 398 g/mol. The number of nitrogens with zero attached hydrogens (tertiary/aromatic N) is 1. The summed E-state index contributed by atoms with van der Waals surface area (Å²) in [6, 6.07) is 0. The third-order valence-electron chi connectivity index (χ3n) is 4.82. The van der Waals surface area contributed by atoms with Crippen LogP contribution >= 0.6 is 11.8 Å². The number of ether oxygens (including phenoxy) is 2. The molecule has 0 spiro atoms. The van der Waals surface area contributed by atoms with Crippen molar-refractivity contribution >= 4 is 11.8 Å². The van der Waals surface area contributed by atoms with Crippen LogP contribution in [0.5, 0.6) is 5.75 Å². The zero-order valence-corrected chi connectivity index (χ0v) is 16.5. The molecule has 148 valence electrons. The number of H-pyrrole nitrogens is 1. The predicted octanol–water partition coefficient (Wildman–Crippen LogP) is 4.71. The summed E-state index contributed by atoms with van der Waals surface area (Å²) in [6.07, 6.45) is 21.2. The van der Waals surface area contributed by atoms with Gasteiger partial charge in [0.2, 0.25) is 5.75 Å². The molecule has 1 aliphatic heterocycles. The van der Waals surface area contributed by atoms with Crippen LogP contribution in [0.25, 0.3) is 0 Å². The summed E-state index contributed by atoms with van der Waals surface area (Å²) < 4.78 is 11.2. The molecule has 1 aromatic heterocycles. The summed E-state index contributed by atoms with van der Waals surface area (Å²) in [6.45, 7) is 0.678. The Morgan fingerprint density at radius 2 is 2.14 bits per heavy atom. The molecule has 0 aromatic carbocycles. The Kier molecular flexibility index (Phi) is 6.29. The first-order chi connectivity index (χ1) is 13.8. The van der Waals surface area contributed by atoms with Crippen molar-refractivity contribution in [2.45, 2.75) is 43.6 Å². The van der Waals surface area contributed by atoms with Gasteiger partial charge in [-0.2, -0.15) is 0 Å². The Balaban J connectivity index is 0.00000240. The van der Waals surface area contributed by atoms with Gasteiger partial charge in [0, 0.05) is 13.6 Å². The average molecular weight is 399 g/mol. The number of fused-ring (bicyclic) bond motifs is 1. The van der Waals surface area contributed by atoms with E-state index in [2.05, 4.69) is 52.5 Å². The molecular formula is C22H26N2O3S. The number of aromatic nitrogens is 2. The Morgan fingerprint density at radius 1 is 1.25 bits per heavy atom. The number of allylic oxidation sites excluding steroid dienone is 9. The number of aromatic amines is 1. The fraction of sp³-hybridized carbons (Fsp3) is 0.364. The second-order valence-electron chi connectivity index (χ2n) is 6.94. The summed E-state index contributed by atoms with van der Waals surface area (Å²) >= 11 is 1.53. The Hall–Kier alpha value is -2.31. The molecular weight excluding hydrogens is 372 g/mol. The van der Waals surface area contributed by atoms with Crippen molar-refractivity contribution in [3.63, 3.8) is 0 Å². The van der Waals surface area contributed by atoms with Gasteiger partial charge in [-0.05, 0) is 36.8 Å². The van der Waals surface area contributed by atoms with Gasteiger partial charge in [-0.15, -0.1) is 0 Å². The molecule has 2 aliphatic carbocycles. The summed E-state index contributed by atoms with van der Waals surface area (Å²) in [5.74, 6) is 0.994. The fourth-order valence-corrected chi connectivity index (χ4v) is 4.08. The summed E-state index contributed by atoms with van der Waals surface area (Å²) in [5, 5.41) is 0.598. The molecule has 1 N–H and O–H groups in total. The highest BCUT2D eigenvalue weighted by molar-refractivity contribution is 7.99. The first kappa shape index (κ1) is 19.0. The molecule has 1 atom stereocenters. The largest absolute Gasteiger partial charge is 0.458 e. The quantitative estimate of drug-likeness (QED) is 0.575. The Morgan fingerprint density at radius 3 is 2.96 bits per heavy atom. The van der Waals surface area contributed by atoms with E-state index in [9.17, 15) is 4.79 Å². The molecule has 5 nitrogen and oxygen atoms in total. The predicted molar refractivity (Wildman–Crippen MR) is 114 cm³/mol. The SMILES string of the molecule is O=c1[nH]c(SCC2=CC=C3C=CCC=CC3=CC2)ncc1OC1CCCCO1.[HH]. The molecule has 1 fully saturated rings. The van der Waals surface area contributed by atoms with Gasteiger partial charge >= 0.3 is 0 Å². The molecule has 4 rings (SSSR count). The zero-order chi connectivity index (χ0) is 19.2. The van der Waals surface area contributed by atoms with Crippen molar-refractivity contribution in [2.24, 2.45) is 0 Å². The van der Waals surface area contributed by atoms with E-state index in [-0.39, 0.29) is 19.0 Å². The zero-order valence-electron chi connectivity index (χ0n) is 15.7. The molecule has 1 unspecified atom stereocenters. The first-order valence-corrected chi connectivity index (χ1v) is 10.7. The van der Waals surface area contributed by atoms with Crippen LogP contribution in [-0.4, -0.2) is 28.6 Å². The minimum atomic E-state index is -0.344. The van der Waals surface area contributed by atoms with E-state index in [1.807, 2.05) is 0 Å². The lowest BCUT2D eigenvalue weighted by atomic mass is 10.1. The number of nitrogens with one attached hydrogen (secondary N) is 1. The second kappa shape index (κ2) is 9.26. The van der Waals surface area contributed by atoms with Gasteiger partial charge in [-0.3, -0.25) is 9.78 Å². The molecule has 3 aliphatic rings. The van der Waals surface area contributed by atoms with Crippen molar-refractivity contribution < 1.29 is 10.9 Å². The number of rotatable bonds is 5. The minimum Gasteiger partial charge on any atom is -0.458 e. The van der Waals surface area contributed by atoms with Gasteiger partial charge in [0.25, 0.3) is 5.56 Å². The van der Waals surface area contributed by atoms with Crippen molar-refractivity contribution in [3.05, 3.63) is 75.8 Å². The molecule has 0 saturated carbocycles. The highest BCUT2D eigenvalue weighted by atomic mass is 32.2. The molecule has 0 bridgehead atoms. The molecule has 1 aromatic rings. The van der Waals surface area contributed by atoms with Gasteiger partial charge in [0.15, 0.2) is 11.4 Å². The smallest absolute Gasteiger partial charge is 0.294 e. The van der Waals surface area contributed by atoms with Crippen molar-refractivity contribution in [3.8, 4) is 5.75 Å². The van der Waals surface area contributed by atoms with E-state index in [4.69, 9.17) is 9.47 Å². The van der Waals surface area contributed by atoms with E-state index >= 15 is 0 Å². The molecule has 6 heteroatoms. The standard InChI is InChI=1S/C22H24N2O3S.H2/c25-21-19(27-20-8-4-5-13-26-20)14-23-22(24-21)28-15-16-9-11-17-6-2-1-3-7-18(17)12-10-16;/h2-3,6-7,9,11-12,14,20H,1,4-5,8,10,13,15H2,(H,23,24,25);1H. The van der Waals surface area contributed by atoms with Crippen molar-refractivity contribution in [1.82, 2.24) is 9.97 Å². The van der Waals surface area contributed by atoms with Gasteiger partial charge in [-0.1, -0.05) is 59.9 Å². The minimum absolute atomic E-state index is 0. The second-order valence-corrected chi connectivity index (χ2v) is 7.90. The van der Waals surface area contributed by atoms with E-state index in [1.165, 1.54) is 34.7 Å². The van der Waals surface area contributed by atoms with Gasteiger partial charge in [-0.25, -0.2) is 4.98 Å². The Bertz CT molecular complexity index is 924. The number of hydrogen-bond acceptors (Lipinski definition) is 5. The summed E-state index contributed by atoms with van der Waals surface area (Å²) in [4.78, 5) is 19.4. The molecule has 1 saturated heterocycles. The van der Waals surface area contributed by atoms with Crippen molar-refractivity contribution in [2.75, 3.05) is 12.4 Å². The molecule has 28 heavy (non-hydrogen) atoms. The van der Waals surface area contributed by atoms with Crippen LogP contribution in [0, 0.1) is 0 Å². The normalized spacial score (nSPS) is 21.7. The Labute approximate surface area is 170 Å². The van der Waals surface area contributed by atoms with Crippen molar-refractivity contribution in [1.29, 1.82) is 0 Å². The van der Waals surface area contributed by atoms with Gasteiger partial charge < -0.3 is 9.47 Å². The van der Waals surface area contributed by atoms with E-state index in [0.717, 1.165) is 37.9 Å². The van der Waals surface area contributed by atoms with Crippen LogP contribution in [0.15, 0.2) is 75.4 Å². The van der Waals surface area contributed by atoms with Gasteiger partial charge in [0.1, 0.15) is 0 Å². The fourth-order valence-electron chi connectivity index (χ4n) is 3.25. The third kappa shape index (κ3) is 4.94. The lowest BCUT2D eigenvalue weighted by molar-refractivity contribution is -0.106. The molecule has 2 heterocycles. The topological polar surface area (TPSA) is 64.2 Å². The third-order valence-corrected chi connectivity index (χ3v) is 5.81. The summed E-state index contributed by atoms with van der Waals surface area (Å²) in [7, 11) is 0. The van der Waals surface area contributed by atoms with Crippen LogP contribution in [0.1, 0.15) is 33.5 Å². The van der Waals surface area contributed by atoms with Gasteiger partial charge in [0.05, 0.1) is 12.8 Å². The molecule has 0 amide bonds. The lowest BCUT2D eigenvalue weighted by Crippen LogP contribution is -2.27. The van der Waals surface area contributed by atoms with E-state index < -0.39 is 0 Å². The van der Waals surface area contributed by atoms with Crippen LogP contribution in [-0.2, 0) is 4.74 Å². The van der Waals surface area contributed by atoms with Crippen LogP contribution < -0.4 is 10.3 Å². The highest BCUT2D eigenvalue weighted by Gasteiger charge is 2.17. The summed E-state index contributed by atoms with van der Waals surface area (Å²) in [5.41, 5.74) is 3.54. The lowest BCUT2D eigenvalue weighted by Gasteiger charge is -2.22. The average Bonchev–Trinajstić information content (AvgIpc) is 3.05. The van der Waals surface area contributed by atoms with Crippen LogP contribution in [0.2, 0.25) is 0 Å². The van der Waals surface area contributed by atoms with E-state index in [0.29, 0.717) is 11.8 Å². The number of hydrogen-bond donors (Lipinski definition) is 1. The number of thioether (sulfide) groups is 1. The molecule has 0 radical (unpaired) electrons. The highest BCUT2D eigenvalue weighted by Crippen LogP contribution is 2.26. The maximum absolute atomic E-state index is 12.3. The maximum Gasteiger partial charge on any atom is 0.294 e. The first-order valence-electron chi connectivity index (χ1n) is 9.72.